The lowest BCUT2D eigenvalue weighted by Crippen LogP contribution is -2.11. The monoisotopic (exact) mass is 442 g/mol. The number of anilines is 1. The van der Waals surface area contributed by atoms with Gasteiger partial charge >= 0.3 is 0 Å². The predicted molar refractivity (Wildman–Crippen MR) is 121 cm³/mol. The molecule has 0 bridgehead atoms. The lowest BCUT2D eigenvalue weighted by Gasteiger charge is -2.09. The molecule has 162 valence electrons. The number of nitrogens with one attached hydrogen (secondary N) is 3. The fourth-order valence-corrected chi connectivity index (χ4v) is 3.72. The van der Waals surface area contributed by atoms with Crippen molar-refractivity contribution >= 4 is 23.4 Å². The van der Waals surface area contributed by atoms with Crippen LogP contribution >= 0.6 is 11.9 Å². The first-order valence-corrected chi connectivity index (χ1v) is 10.6. The van der Waals surface area contributed by atoms with Crippen LogP contribution in [0.3, 0.4) is 0 Å². The number of H-pyrrole nitrogens is 2. The van der Waals surface area contributed by atoms with Crippen molar-refractivity contribution in [3.8, 4) is 11.1 Å². The van der Waals surface area contributed by atoms with Gasteiger partial charge in [0.2, 0.25) is 5.78 Å². The van der Waals surface area contributed by atoms with Crippen molar-refractivity contribution in [1.29, 1.82) is 0 Å². The van der Waals surface area contributed by atoms with Gasteiger partial charge in [-0.05, 0) is 72.3 Å². The Hall–Kier alpha value is -3.10. The van der Waals surface area contributed by atoms with E-state index >= 15 is 0 Å². The van der Waals surface area contributed by atoms with E-state index in [1.165, 1.54) is 6.20 Å². The third-order valence-electron chi connectivity index (χ3n) is 4.65. The molecule has 0 saturated carbocycles. The summed E-state index contributed by atoms with van der Waals surface area (Å²) in [6, 6.07) is 11.8. The quantitative estimate of drug-likeness (QED) is 0.167. The van der Waals surface area contributed by atoms with Gasteiger partial charge in [-0.25, -0.2) is 8.78 Å². The highest BCUT2D eigenvalue weighted by atomic mass is 32.2. The highest BCUT2D eigenvalue weighted by Crippen LogP contribution is 2.25. The molecule has 8 heteroatoms. The average molecular weight is 443 g/mol. The van der Waals surface area contributed by atoms with Crippen LogP contribution in [-0.2, 0) is 0 Å². The maximum atomic E-state index is 14.4. The Morgan fingerprint density at radius 1 is 1.06 bits per heavy atom. The van der Waals surface area contributed by atoms with Crippen molar-refractivity contribution < 1.29 is 13.6 Å². The third-order valence-corrected chi connectivity index (χ3v) is 5.50. The Labute approximate surface area is 183 Å². The first kappa shape index (κ1) is 22.6. The number of carbonyl (C=O) groups is 1. The number of ketones is 1. The van der Waals surface area contributed by atoms with Crippen LogP contribution in [-0.4, -0.2) is 22.5 Å². The standard InChI is InChI=1S/C23H24F2N4OS/c1-3-10-29-31-17-6-4-15(5-7-17)16-11-14(2)18(13-28-27-12-16)23(30)21-19(24)8-9-20(26)22(21)25/h4-9,11-13,27-29H,3,10,26H2,1-2H3. The van der Waals surface area contributed by atoms with E-state index < -0.39 is 23.0 Å². The van der Waals surface area contributed by atoms with Gasteiger partial charge in [0, 0.05) is 29.4 Å². The van der Waals surface area contributed by atoms with Crippen LogP contribution in [0, 0.1) is 18.6 Å². The maximum absolute atomic E-state index is 14.4. The Morgan fingerprint density at radius 3 is 2.48 bits per heavy atom. The van der Waals surface area contributed by atoms with E-state index in [9.17, 15) is 13.6 Å². The van der Waals surface area contributed by atoms with Crippen LogP contribution in [0.15, 0.2) is 59.8 Å². The van der Waals surface area contributed by atoms with E-state index in [0.29, 0.717) is 5.56 Å². The van der Waals surface area contributed by atoms with Crippen LogP contribution in [0.2, 0.25) is 0 Å². The van der Waals surface area contributed by atoms with Gasteiger partial charge in [-0.1, -0.05) is 19.1 Å². The number of benzene rings is 2. The number of rotatable bonds is 7. The van der Waals surface area contributed by atoms with Gasteiger partial charge in [-0.3, -0.25) is 9.52 Å². The zero-order valence-electron chi connectivity index (χ0n) is 17.3. The van der Waals surface area contributed by atoms with Gasteiger partial charge in [0.05, 0.1) is 11.3 Å². The molecule has 5 N–H and O–H groups in total. The van der Waals surface area contributed by atoms with E-state index in [1.807, 2.05) is 24.3 Å². The largest absolute Gasteiger partial charge is 0.396 e. The van der Waals surface area contributed by atoms with Gasteiger partial charge in [0.1, 0.15) is 5.82 Å². The fraction of sp³-hybridized carbons (Fsp3) is 0.174. The molecule has 0 unspecified atom stereocenters. The number of hydrogen-bond acceptors (Lipinski definition) is 4. The Bertz CT molecular complexity index is 1120. The number of aromatic nitrogens is 2. The summed E-state index contributed by atoms with van der Waals surface area (Å²) in [5.74, 6) is -2.81. The summed E-state index contributed by atoms with van der Waals surface area (Å²) in [6.45, 7) is 4.74. The van der Waals surface area contributed by atoms with Crippen molar-refractivity contribution in [3.05, 3.63) is 83.2 Å². The molecule has 0 spiro atoms. The lowest BCUT2D eigenvalue weighted by molar-refractivity contribution is 0.103. The summed E-state index contributed by atoms with van der Waals surface area (Å²) in [5.41, 5.74) is 6.96. The van der Waals surface area contributed by atoms with E-state index in [0.717, 1.165) is 41.1 Å². The molecule has 3 aromatic rings. The van der Waals surface area contributed by atoms with Gasteiger partial charge in [-0.2, -0.15) is 0 Å². The summed E-state index contributed by atoms with van der Waals surface area (Å²) in [4.78, 5) is 14.0. The van der Waals surface area contributed by atoms with Gasteiger partial charge in [-0.15, -0.1) is 0 Å². The molecule has 0 aliphatic carbocycles. The second-order valence-corrected chi connectivity index (χ2v) is 7.91. The van der Waals surface area contributed by atoms with E-state index in [4.69, 9.17) is 5.73 Å². The number of carbonyl (C=O) groups excluding carboxylic acids is 1. The fourth-order valence-electron chi connectivity index (χ4n) is 2.97. The summed E-state index contributed by atoms with van der Waals surface area (Å²) in [5, 5.41) is 5.65. The summed E-state index contributed by atoms with van der Waals surface area (Å²) < 4.78 is 31.9. The normalized spacial score (nSPS) is 10.7. The molecule has 0 aliphatic heterocycles. The summed E-state index contributed by atoms with van der Waals surface area (Å²) in [7, 11) is 0. The molecule has 1 heterocycles. The second-order valence-electron chi connectivity index (χ2n) is 6.95. The molecule has 0 saturated heterocycles. The topological polar surface area (TPSA) is 86.7 Å². The molecule has 0 amide bonds. The van der Waals surface area contributed by atoms with Crippen molar-refractivity contribution in [1.82, 2.24) is 14.9 Å². The molecular weight excluding hydrogens is 418 g/mol. The molecule has 3 rings (SSSR count). The Kier molecular flexibility index (Phi) is 7.49. The Balaban J connectivity index is 1.97. The molecule has 1 aromatic heterocycles. The maximum Gasteiger partial charge on any atom is 0.200 e. The number of hydrogen-bond donors (Lipinski definition) is 4. The molecule has 0 radical (unpaired) electrons. The third kappa shape index (κ3) is 5.34. The Morgan fingerprint density at radius 2 is 1.77 bits per heavy atom. The van der Waals surface area contributed by atoms with E-state index in [-0.39, 0.29) is 11.3 Å². The highest BCUT2D eigenvalue weighted by molar-refractivity contribution is 7.97. The number of aryl methyl sites for hydroxylation is 1. The first-order valence-electron chi connectivity index (χ1n) is 9.80. The summed E-state index contributed by atoms with van der Waals surface area (Å²) in [6.07, 6.45) is 4.18. The molecule has 31 heavy (non-hydrogen) atoms. The number of aromatic amines is 2. The number of halogens is 2. The van der Waals surface area contributed by atoms with Crippen molar-refractivity contribution in [2.75, 3.05) is 12.3 Å². The molecule has 2 aromatic carbocycles. The minimum atomic E-state index is -1.06. The molecule has 0 fully saturated rings. The summed E-state index contributed by atoms with van der Waals surface area (Å²) >= 11 is 1.57. The average Bonchev–Trinajstić information content (AvgIpc) is 2.74. The van der Waals surface area contributed by atoms with Crippen LogP contribution in [0.4, 0.5) is 14.5 Å². The van der Waals surface area contributed by atoms with Crippen LogP contribution in [0.1, 0.15) is 34.8 Å². The van der Waals surface area contributed by atoms with Crippen LogP contribution < -0.4 is 10.5 Å². The molecule has 5 nitrogen and oxygen atoms in total. The van der Waals surface area contributed by atoms with Crippen molar-refractivity contribution in [2.45, 2.75) is 25.2 Å². The highest BCUT2D eigenvalue weighted by Gasteiger charge is 2.22. The van der Waals surface area contributed by atoms with E-state index in [1.54, 1.807) is 31.1 Å². The number of nitrogen functional groups attached to an aromatic ring is 1. The van der Waals surface area contributed by atoms with Crippen molar-refractivity contribution in [3.63, 3.8) is 0 Å². The lowest BCUT2D eigenvalue weighted by atomic mass is 9.98. The minimum Gasteiger partial charge on any atom is -0.396 e. The smallest absolute Gasteiger partial charge is 0.200 e. The molecule has 0 aliphatic rings. The zero-order chi connectivity index (χ0) is 22.4. The predicted octanol–water partition coefficient (Wildman–Crippen LogP) is 5.54. The van der Waals surface area contributed by atoms with E-state index in [2.05, 4.69) is 21.8 Å². The van der Waals surface area contributed by atoms with Crippen LogP contribution in [0.25, 0.3) is 11.1 Å². The SMILES string of the molecule is CCCNSc1ccc(-c2c[nH][nH]cc(C(=O)c3c(F)ccc(N)c3F)c(C)c2)cc1. The van der Waals surface area contributed by atoms with Crippen LogP contribution in [0.5, 0.6) is 0 Å². The van der Waals surface area contributed by atoms with Gasteiger partial charge in [0.25, 0.3) is 0 Å². The second kappa shape index (κ2) is 10.3. The molecular formula is C23H24F2N4OS. The van der Waals surface area contributed by atoms with Crippen molar-refractivity contribution in [2.24, 2.45) is 0 Å². The minimum absolute atomic E-state index is 0.123. The van der Waals surface area contributed by atoms with Gasteiger partial charge in [0.15, 0.2) is 5.82 Å². The number of nitrogens with two attached hydrogens (primary N) is 1. The molecule has 0 atom stereocenters. The van der Waals surface area contributed by atoms with Gasteiger partial charge < -0.3 is 15.9 Å². The first-order chi connectivity index (χ1) is 14.9. The zero-order valence-corrected chi connectivity index (χ0v) is 18.1.